The minimum Gasteiger partial charge on any atom is -0.497 e. The predicted octanol–water partition coefficient (Wildman–Crippen LogP) is 0.904. The fraction of sp³-hybridized carbons (Fsp3) is 0.474. The quantitative estimate of drug-likeness (QED) is 0.575. The highest BCUT2D eigenvalue weighted by molar-refractivity contribution is 8.00. The van der Waals surface area contributed by atoms with Gasteiger partial charge in [-0.15, -0.1) is 11.8 Å². The number of carbonyl (C=O) groups excluding carboxylic acids is 3. The summed E-state index contributed by atoms with van der Waals surface area (Å²) < 4.78 is 17.7. The number of thiazole rings is 1. The Morgan fingerprint density at radius 3 is 2.67 bits per heavy atom. The summed E-state index contributed by atoms with van der Waals surface area (Å²) in [5.74, 6) is 0.144. The van der Waals surface area contributed by atoms with E-state index >= 15 is 0 Å². The lowest BCUT2D eigenvalue weighted by Crippen LogP contribution is -2.41. The van der Waals surface area contributed by atoms with Crippen molar-refractivity contribution in [1.29, 1.82) is 0 Å². The number of carbonyl (C=O) groups is 3. The van der Waals surface area contributed by atoms with Gasteiger partial charge >= 0.3 is 5.97 Å². The molecule has 11 heteroatoms. The van der Waals surface area contributed by atoms with Gasteiger partial charge in [0.25, 0.3) is 5.91 Å². The molecular formula is C19H23N3O6S2. The Balaban J connectivity index is 1.72. The standard InChI is InChI=1S/C19H23N3O6S2/c1-26-13-3-4-14-15(9-13)30-19(22(14)10-18(25)27-2)20-16(23)11-29-12-17(24)21-5-7-28-8-6-21/h3-4,9H,5-8,10-12H2,1-2H3. The average molecular weight is 454 g/mol. The van der Waals surface area contributed by atoms with Gasteiger partial charge in [0.1, 0.15) is 12.3 Å². The second-order valence-corrected chi connectivity index (χ2v) is 8.37. The number of morpholine rings is 1. The van der Waals surface area contributed by atoms with Crippen LogP contribution in [0.4, 0.5) is 0 Å². The SMILES string of the molecule is COC(=O)Cn1c(=NC(=O)CSCC(=O)N2CCOCC2)sc2cc(OC)ccc21. The van der Waals surface area contributed by atoms with Crippen LogP contribution in [0.15, 0.2) is 23.2 Å². The number of hydrogen-bond acceptors (Lipinski definition) is 8. The summed E-state index contributed by atoms with van der Waals surface area (Å²) in [5, 5.41) is 0. The van der Waals surface area contributed by atoms with Gasteiger partial charge in [0.15, 0.2) is 4.80 Å². The lowest BCUT2D eigenvalue weighted by molar-refractivity contribution is -0.141. The first kappa shape index (κ1) is 22.3. The molecule has 1 aromatic heterocycles. The van der Waals surface area contributed by atoms with Crippen molar-refractivity contribution in [3.63, 3.8) is 0 Å². The fourth-order valence-corrected chi connectivity index (χ4v) is 4.65. The first-order valence-electron chi connectivity index (χ1n) is 9.27. The number of amides is 2. The van der Waals surface area contributed by atoms with Crippen LogP contribution in [-0.4, -0.2) is 79.3 Å². The molecule has 0 bridgehead atoms. The number of hydrogen-bond donors (Lipinski definition) is 0. The van der Waals surface area contributed by atoms with Crippen molar-refractivity contribution < 1.29 is 28.6 Å². The van der Waals surface area contributed by atoms with E-state index in [9.17, 15) is 14.4 Å². The molecule has 2 amide bonds. The van der Waals surface area contributed by atoms with Gasteiger partial charge in [0.2, 0.25) is 5.91 Å². The lowest BCUT2D eigenvalue weighted by atomic mass is 10.3. The Morgan fingerprint density at radius 1 is 1.20 bits per heavy atom. The third kappa shape index (κ3) is 5.61. The molecule has 2 aromatic rings. The Kier molecular flexibility index (Phi) is 7.88. The maximum absolute atomic E-state index is 12.4. The van der Waals surface area contributed by atoms with Crippen LogP contribution in [0.1, 0.15) is 0 Å². The number of benzene rings is 1. The Labute approximate surface area is 181 Å². The maximum atomic E-state index is 12.4. The summed E-state index contributed by atoms with van der Waals surface area (Å²) in [5.41, 5.74) is 0.757. The fourth-order valence-electron chi connectivity index (χ4n) is 2.88. The second-order valence-electron chi connectivity index (χ2n) is 6.37. The van der Waals surface area contributed by atoms with E-state index in [1.54, 1.807) is 22.6 Å². The second kappa shape index (κ2) is 10.6. The number of fused-ring (bicyclic) bond motifs is 1. The largest absolute Gasteiger partial charge is 0.497 e. The van der Waals surface area contributed by atoms with Crippen molar-refractivity contribution in [2.45, 2.75) is 6.54 Å². The van der Waals surface area contributed by atoms with Gasteiger partial charge < -0.3 is 23.7 Å². The van der Waals surface area contributed by atoms with Crippen molar-refractivity contribution in [3.8, 4) is 5.75 Å². The molecule has 1 saturated heterocycles. The van der Waals surface area contributed by atoms with Crippen molar-refractivity contribution >= 4 is 51.1 Å². The number of thioether (sulfide) groups is 1. The van der Waals surface area contributed by atoms with E-state index in [2.05, 4.69) is 4.99 Å². The van der Waals surface area contributed by atoms with E-state index in [0.29, 0.717) is 36.9 Å². The molecule has 2 heterocycles. The number of esters is 1. The van der Waals surface area contributed by atoms with Crippen LogP contribution in [-0.2, 0) is 30.4 Å². The molecule has 0 N–H and O–H groups in total. The Hall–Kier alpha value is -2.37. The van der Waals surface area contributed by atoms with Crippen LogP contribution in [0, 0.1) is 0 Å². The van der Waals surface area contributed by atoms with E-state index in [1.807, 2.05) is 12.1 Å². The van der Waals surface area contributed by atoms with Gasteiger partial charge in [-0.3, -0.25) is 14.4 Å². The molecule has 0 aliphatic carbocycles. The molecule has 1 aliphatic heterocycles. The minimum atomic E-state index is -0.440. The Morgan fingerprint density at radius 2 is 1.97 bits per heavy atom. The van der Waals surface area contributed by atoms with Crippen LogP contribution in [0.2, 0.25) is 0 Å². The van der Waals surface area contributed by atoms with Gasteiger partial charge in [-0.2, -0.15) is 4.99 Å². The van der Waals surface area contributed by atoms with E-state index in [-0.39, 0.29) is 29.9 Å². The molecule has 0 saturated carbocycles. The average Bonchev–Trinajstić information content (AvgIpc) is 3.09. The summed E-state index contributed by atoms with van der Waals surface area (Å²) in [7, 11) is 2.88. The zero-order chi connectivity index (χ0) is 21.5. The van der Waals surface area contributed by atoms with E-state index < -0.39 is 5.97 Å². The van der Waals surface area contributed by atoms with Gasteiger partial charge in [0, 0.05) is 13.1 Å². The molecule has 0 unspecified atom stereocenters. The monoisotopic (exact) mass is 453 g/mol. The maximum Gasteiger partial charge on any atom is 0.325 e. The number of aromatic nitrogens is 1. The van der Waals surface area contributed by atoms with Gasteiger partial charge in [0.05, 0.1) is 49.2 Å². The highest BCUT2D eigenvalue weighted by atomic mass is 32.2. The first-order valence-corrected chi connectivity index (χ1v) is 11.2. The highest BCUT2D eigenvalue weighted by Gasteiger charge is 2.17. The molecule has 0 atom stereocenters. The molecule has 1 aromatic carbocycles. The summed E-state index contributed by atoms with van der Waals surface area (Å²) in [6.45, 7) is 2.19. The summed E-state index contributed by atoms with van der Waals surface area (Å²) in [6, 6.07) is 5.42. The lowest BCUT2D eigenvalue weighted by Gasteiger charge is -2.26. The van der Waals surface area contributed by atoms with Crippen LogP contribution >= 0.6 is 23.1 Å². The van der Waals surface area contributed by atoms with Crippen molar-refractivity contribution in [1.82, 2.24) is 9.47 Å². The molecule has 0 spiro atoms. The molecule has 9 nitrogen and oxygen atoms in total. The van der Waals surface area contributed by atoms with Crippen LogP contribution in [0.25, 0.3) is 10.2 Å². The minimum absolute atomic E-state index is 0.00851. The van der Waals surface area contributed by atoms with Crippen molar-refractivity contribution in [2.75, 3.05) is 52.0 Å². The number of rotatable bonds is 7. The number of nitrogens with zero attached hydrogens (tertiary/aromatic N) is 3. The van der Waals surface area contributed by atoms with Crippen molar-refractivity contribution in [2.24, 2.45) is 4.99 Å². The zero-order valence-corrected chi connectivity index (χ0v) is 18.4. The van der Waals surface area contributed by atoms with Crippen molar-refractivity contribution in [3.05, 3.63) is 23.0 Å². The molecule has 162 valence electrons. The normalized spacial score (nSPS) is 14.7. The van der Waals surface area contributed by atoms with Gasteiger partial charge in [-0.05, 0) is 18.2 Å². The van der Waals surface area contributed by atoms with Gasteiger partial charge in [-0.1, -0.05) is 11.3 Å². The molecule has 1 fully saturated rings. The highest BCUT2D eigenvalue weighted by Crippen LogP contribution is 2.23. The zero-order valence-electron chi connectivity index (χ0n) is 16.8. The van der Waals surface area contributed by atoms with Gasteiger partial charge in [-0.25, -0.2) is 0 Å². The predicted molar refractivity (Wildman–Crippen MR) is 114 cm³/mol. The molecule has 1 aliphatic rings. The number of methoxy groups -OCH3 is 2. The van der Waals surface area contributed by atoms with E-state index in [4.69, 9.17) is 14.2 Å². The Bertz CT molecular complexity index is 994. The number of ether oxygens (including phenoxy) is 3. The summed E-state index contributed by atoms with van der Waals surface area (Å²) in [4.78, 5) is 42.7. The smallest absolute Gasteiger partial charge is 0.325 e. The molecule has 30 heavy (non-hydrogen) atoms. The van der Waals surface area contributed by atoms with Crippen LogP contribution in [0.5, 0.6) is 5.75 Å². The first-order chi connectivity index (χ1) is 14.5. The topological polar surface area (TPSA) is 99.4 Å². The molecule has 3 rings (SSSR count). The third-order valence-electron chi connectivity index (χ3n) is 4.44. The summed E-state index contributed by atoms with van der Waals surface area (Å²) >= 11 is 2.51. The molecular weight excluding hydrogens is 430 g/mol. The van der Waals surface area contributed by atoms with Crippen LogP contribution < -0.4 is 9.54 Å². The van der Waals surface area contributed by atoms with E-state index in [1.165, 1.54) is 30.2 Å². The molecule has 0 radical (unpaired) electrons. The third-order valence-corrected chi connectivity index (χ3v) is 6.38. The summed E-state index contributed by atoms with van der Waals surface area (Å²) in [6.07, 6.45) is 0. The van der Waals surface area contributed by atoms with E-state index in [0.717, 1.165) is 10.2 Å². The van der Waals surface area contributed by atoms with Crippen LogP contribution in [0.3, 0.4) is 0 Å².